The van der Waals surface area contributed by atoms with Crippen LogP contribution in [0.2, 0.25) is 0 Å². The van der Waals surface area contributed by atoms with Gasteiger partial charge in [0.1, 0.15) is 6.04 Å². The van der Waals surface area contributed by atoms with Crippen LogP contribution in [-0.4, -0.2) is 38.7 Å². The van der Waals surface area contributed by atoms with E-state index in [4.69, 9.17) is 5.73 Å². The molecule has 0 spiro atoms. The van der Waals surface area contributed by atoms with E-state index in [1.807, 2.05) is 18.3 Å². The number of nitrogens with one attached hydrogen (secondary N) is 2. The number of rotatable bonds is 3. The molecule has 1 fully saturated rings. The van der Waals surface area contributed by atoms with Gasteiger partial charge in [0.2, 0.25) is 11.8 Å². The third kappa shape index (κ3) is 2.51. The standard InChI is InChI=1S/C23H18N6O3/c24-20(14-8-26-15-9-25-7-6-11(14)15)21-12-2-1-3-13-19(12)17(10-27-21)29(23(13)32)16-4-5-18(30)28-22(16)31/h1-3,6-10,16,20,26H,4-5,24H2,(H,28,30,31). The minimum absolute atomic E-state index is 0.186. The van der Waals surface area contributed by atoms with Gasteiger partial charge >= 0.3 is 0 Å². The molecule has 9 nitrogen and oxygen atoms in total. The molecule has 6 rings (SSSR count). The summed E-state index contributed by atoms with van der Waals surface area (Å²) in [5.41, 5.74) is 10.1. The van der Waals surface area contributed by atoms with E-state index in [2.05, 4.69) is 20.3 Å². The molecule has 4 aromatic rings. The van der Waals surface area contributed by atoms with E-state index in [-0.39, 0.29) is 24.7 Å². The van der Waals surface area contributed by atoms with Gasteiger partial charge in [-0.2, -0.15) is 0 Å². The number of H-pyrrole nitrogens is 1. The molecule has 2 aliphatic heterocycles. The molecular formula is C23H18N6O3. The van der Waals surface area contributed by atoms with Crippen molar-refractivity contribution in [2.24, 2.45) is 5.73 Å². The normalized spacial score (nSPS) is 19.1. The van der Waals surface area contributed by atoms with Crippen LogP contribution in [0.1, 0.15) is 40.5 Å². The van der Waals surface area contributed by atoms with Crippen LogP contribution in [-0.2, 0) is 9.59 Å². The van der Waals surface area contributed by atoms with Gasteiger partial charge in [-0.1, -0.05) is 12.1 Å². The summed E-state index contributed by atoms with van der Waals surface area (Å²) < 4.78 is 0. The lowest BCUT2D eigenvalue weighted by Gasteiger charge is -2.30. The highest BCUT2D eigenvalue weighted by atomic mass is 16.2. The van der Waals surface area contributed by atoms with Crippen LogP contribution in [0.25, 0.3) is 21.7 Å². The van der Waals surface area contributed by atoms with Crippen molar-refractivity contribution < 1.29 is 14.4 Å². The smallest absolute Gasteiger partial charge is 0.259 e. The van der Waals surface area contributed by atoms with Crippen LogP contribution >= 0.6 is 0 Å². The average molecular weight is 426 g/mol. The molecule has 0 bridgehead atoms. The fourth-order valence-electron chi connectivity index (χ4n) is 4.79. The molecule has 0 radical (unpaired) electrons. The highest BCUT2D eigenvalue weighted by Crippen LogP contribution is 2.42. The Hall–Kier alpha value is -4.11. The number of benzene rings is 1. The number of nitrogens with two attached hydrogens (primary N) is 1. The lowest BCUT2D eigenvalue weighted by Crippen LogP contribution is -2.53. The van der Waals surface area contributed by atoms with Crippen molar-refractivity contribution in [3.8, 4) is 0 Å². The SMILES string of the molecule is NC(c1c[nH]c2cnccc12)c1ncc2c3c(cccc13)C(=O)N2C1CCC(=O)NC1=O. The van der Waals surface area contributed by atoms with E-state index in [0.29, 0.717) is 16.9 Å². The van der Waals surface area contributed by atoms with Crippen LogP contribution in [0.15, 0.2) is 49.1 Å². The van der Waals surface area contributed by atoms with Gasteiger partial charge in [-0.3, -0.25) is 34.6 Å². The summed E-state index contributed by atoms with van der Waals surface area (Å²) >= 11 is 0. The van der Waals surface area contributed by atoms with E-state index in [9.17, 15) is 14.4 Å². The van der Waals surface area contributed by atoms with Gasteiger partial charge < -0.3 is 10.7 Å². The number of hydrogen-bond acceptors (Lipinski definition) is 6. The average Bonchev–Trinajstić information content (AvgIpc) is 3.35. The first kappa shape index (κ1) is 18.6. The molecule has 0 aliphatic carbocycles. The number of fused-ring (bicyclic) bond motifs is 1. The predicted octanol–water partition coefficient (Wildman–Crippen LogP) is 1.92. The summed E-state index contributed by atoms with van der Waals surface area (Å²) in [6, 6.07) is 6.04. The molecule has 0 saturated carbocycles. The Kier molecular flexibility index (Phi) is 3.90. The summed E-state index contributed by atoms with van der Waals surface area (Å²) in [5, 5.41) is 4.78. The van der Waals surface area contributed by atoms with Crippen LogP contribution in [0.4, 0.5) is 5.69 Å². The third-order valence-electron chi connectivity index (χ3n) is 6.30. The Labute approximate surface area is 181 Å². The van der Waals surface area contributed by atoms with Gasteiger partial charge in [0, 0.05) is 46.1 Å². The number of aromatic nitrogens is 3. The number of pyridine rings is 2. The van der Waals surface area contributed by atoms with E-state index < -0.39 is 18.0 Å². The molecule has 4 N–H and O–H groups in total. The number of hydrogen-bond donors (Lipinski definition) is 3. The largest absolute Gasteiger partial charge is 0.360 e. The minimum atomic E-state index is -0.752. The Balaban J connectivity index is 1.49. The molecule has 32 heavy (non-hydrogen) atoms. The monoisotopic (exact) mass is 426 g/mol. The van der Waals surface area contributed by atoms with Gasteiger partial charge in [0.25, 0.3) is 5.91 Å². The van der Waals surface area contributed by atoms with Crippen LogP contribution in [0.5, 0.6) is 0 Å². The maximum Gasteiger partial charge on any atom is 0.259 e. The molecule has 3 aromatic heterocycles. The number of piperidine rings is 1. The number of imide groups is 1. The topological polar surface area (TPSA) is 134 Å². The Bertz CT molecular complexity index is 1460. The Morgan fingerprint density at radius 1 is 1.12 bits per heavy atom. The fourth-order valence-corrected chi connectivity index (χ4v) is 4.79. The quantitative estimate of drug-likeness (QED) is 0.429. The first-order valence-electron chi connectivity index (χ1n) is 10.3. The molecule has 5 heterocycles. The van der Waals surface area contributed by atoms with Gasteiger partial charge in [-0.25, -0.2) is 0 Å². The van der Waals surface area contributed by atoms with Crippen molar-refractivity contribution in [1.82, 2.24) is 20.3 Å². The van der Waals surface area contributed by atoms with Crippen molar-refractivity contribution in [3.63, 3.8) is 0 Å². The number of aromatic amines is 1. The number of anilines is 1. The molecule has 2 atom stereocenters. The first-order valence-corrected chi connectivity index (χ1v) is 10.3. The number of nitrogens with zero attached hydrogens (tertiary/aromatic N) is 3. The molecule has 2 unspecified atom stereocenters. The molecule has 3 amide bonds. The Morgan fingerprint density at radius 2 is 2.00 bits per heavy atom. The van der Waals surface area contributed by atoms with Crippen LogP contribution in [0, 0.1) is 0 Å². The third-order valence-corrected chi connectivity index (χ3v) is 6.30. The van der Waals surface area contributed by atoms with Crippen molar-refractivity contribution in [1.29, 1.82) is 0 Å². The van der Waals surface area contributed by atoms with Gasteiger partial charge in [0.05, 0.1) is 35.3 Å². The number of carbonyl (C=O) groups is 3. The van der Waals surface area contributed by atoms with E-state index in [1.54, 1.807) is 30.7 Å². The van der Waals surface area contributed by atoms with Crippen molar-refractivity contribution >= 4 is 45.1 Å². The maximum atomic E-state index is 13.3. The first-order chi connectivity index (χ1) is 15.5. The zero-order valence-electron chi connectivity index (χ0n) is 16.8. The molecule has 158 valence electrons. The zero-order chi connectivity index (χ0) is 22.0. The fraction of sp³-hybridized carbons (Fsp3) is 0.174. The lowest BCUT2D eigenvalue weighted by atomic mass is 9.97. The summed E-state index contributed by atoms with van der Waals surface area (Å²) in [6.07, 6.45) is 7.36. The summed E-state index contributed by atoms with van der Waals surface area (Å²) in [6.45, 7) is 0. The van der Waals surface area contributed by atoms with Crippen molar-refractivity contribution in [2.75, 3.05) is 4.90 Å². The minimum Gasteiger partial charge on any atom is -0.360 e. The van der Waals surface area contributed by atoms with Crippen LogP contribution in [0.3, 0.4) is 0 Å². The molecule has 1 saturated heterocycles. The summed E-state index contributed by atoms with van der Waals surface area (Å²) in [7, 11) is 0. The van der Waals surface area contributed by atoms with Gasteiger partial charge in [-0.15, -0.1) is 0 Å². The second-order valence-corrected chi connectivity index (χ2v) is 8.04. The van der Waals surface area contributed by atoms with Gasteiger partial charge in [-0.05, 0) is 18.6 Å². The van der Waals surface area contributed by atoms with Crippen LogP contribution < -0.4 is 16.0 Å². The summed E-state index contributed by atoms with van der Waals surface area (Å²) in [5.74, 6) is -1.07. The van der Waals surface area contributed by atoms with Crippen molar-refractivity contribution in [2.45, 2.75) is 24.9 Å². The highest BCUT2D eigenvalue weighted by Gasteiger charge is 2.41. The van der Waals surface area contributed by atoms with E-state index >= 15 is 0 Å². The lowest BCUT2D eigenvalue weighted by molar-refractivity contribution is -0.134. The maximum absolute atomic E-state index is 13.3. The predicted molar refractivity (Wildman–Crippen MR) is 117 cm³/mol. The number of amides is 3. The Morgan fingerprint density at radius 3 is 2.84 bits per heavy atom. The highest BCUT2D eigenvalue weighted by molar-refractivity contribution is 6.27. The molecule has 2 aliphatic rings. The molecular weight excluding hydrogens is 408 g/mol. The van der Waals surface area contributed by atoms with Crippen molar-refractivity contribution in [3.05, 3.63) is 65.9 Å². The second-order valence-electron chi connectivity index (χ2n) is 8.04. The van der Waals surface area contributed by atoms with E-state index in [0.717, 1.165) is 27.2 Å². The molecule has 9 heteroatoms. The summed E-state index contributed by atoms with van der Waals surface area (Å²) in [4.78, 5) is 50.8. The van der Waals surface area contributed by atoms with E-state index in [1.165, 1.54) is 4.90 Å². The van der Waals surface area contributed by atoms with Gasteiger partial charge in [0.15, 0.2) is 0 Å². The second kappa shape index (κ2) is 6.69. The molecule has 1 aromatic carbocycles. The zero-order valence-corrected chi connectivity index (χ0v) is 16.8. The number of carbonyl (C=O) groups excluding carboxylic acids is 3.